The van der Waals surface area contributed by atoms with E-state index in [0.717, 1.165) is 99.1 Å². The number of carbonyl (C=O) groups is 1. The maximum Gasteiger partial charge on any atom is 0.407 e. The number of hydrogen-bond acceptors (Lipinski definition) is 14. The van der Waals surface area contributed by atoms with Gasteiger partial charge in [0.25, 0.3) is 0 Å². The molecule has 0 bridgehead atoms. The number of carbonyl (C=O) groups excluding carboxylic acids is 1. The van der Waals surface area contributed by atoms with Gasteiger partial charge in [-0.05, 0) is 88.1 Å². The molecule has 15 heteroatoms. The molecule has 4 heterocycles. The molecule has 14 nitrogen and oxygen atoms in total. The van der Waals surface area contributed by atoms with Gasteiger partial charge >= 0.3 is 6.09 Å². The Kier molecular flexibility index (Phi) is 14.1. The number of alkyl carbamates (subject to hydrolysis) is 1. The highest BCUT2D eigenvalue weighted by atomic mass is 32.1. The standard InChI is InChI=1S/C48H62N10O4S/c1-33-45(63-31-51-33)35-12-13-36(30-61-47(59)52-48(2,3)4)42(26-35)58(38-16-17-38)25-22-55-20-23-56(24-21-55)37-14-10-34(11-15-37)29-57-19-18-50-28-43(57)40-27-41(53-54-46(40)49)39-8-6-7-9-44(39)62-32-60-5/h6-15,26-27,31,38,43,50H,16-25,28-30,32H2,1-5H3,(H2,49,54)(H,52,59). The van der Waals surface area contributed by atoms with Crippen molar-refractivity contribution in [3.05, 3.63) is 101 Å². The van der Waals surface area contributed by atoms with E-state index >= 15 is 0 Å². The molecule has 1 saturated carbocycles. The average molecular weight is 875 g/mol. The number of hydrogen-bond donors (Lipinski definition) is 3. The number of aromatic nitrogens is 3. The summed E-state index contributed by atoms with van der Waals surface area (Å²) >= 11 is 1.67. The lowest BCUT2D eigenvalue weighted by Gasteiger charge is -2.38. The van der Waals surface area contributed by atoms with E-state index in [9.17, 15) is 4.79 Å². The summed E-state index contributed by atoms with van der Waals surface area (Å²) < 4.78 is 16.8. The van der Waals surface area contributed by atoms with Crippen molar-refractivity contribution in [1.82, 2.24) is 35.6 Å². The Morgan fingerprint density at radius 1 is 1.00 bits per heavy atom. The fourth-order valence-electron chi connectivity index (χ4n) is 8.55. The summed E-state index contributed by atoms with van der Waals surface area (Å²) in [7, 11) is 1.61. The number of amides is 1. The van der Waals surface area contributed by atoms with E-state index in [2.05, 4.69) is 101 Å². The lowest BCUT2D eigenvalue weighted by Crippen LogP contribution is -2.48. The van der Waals surface area contributed by atoms with Crippen LogP contribution in [-0.2, 0) is 22.6 Å². The summed E-state index contributed by atoms with van der Waals surface area (Å²) in [6.07, 6.45) is 1.94. The molecule has 1 amide bonds. The minimum Gasteiger partial charge on any atom is -0.467 e. The van der Waals surface area contributed by atoms with E-state index in [1.54, 1.807) is 18.4 Å². The normalized spacial score (nSPS) is 17.4. The van der Waals surface area contributed by atoms with Crippen LogP contribution in [0, 0.1) is 6.92 Å². The Bertz CT molecular complexity index is 2310. The summed E-state index contributed by atoms with van der Waals surface area (Å²) in [6.45, 7) is 17.5. The van der Waals surface area contributed by atoms with Crippen LogP contribution in [0.3, 0.4) is 0 Å². The zero-order chi connectivity index (χ0) is 43.9. The molecule has 1 atom stereocenters. The van der Waals surface area contributed by atoms with Gasteiger partial charge in [-0.25, -0.2) is 9.78 Å². The molecule has 3 aliphatic rings. The van der Waals surface area contributed by atoms with Crippen LogP contribution in [0.5, 0.6) is 5.75 Å². The molecule has 0 radical (unpaired) electrons. The monoisotopic (exact) mass is 874 g/mol. The summed E-state index contributed by atoms with van der Waals surface area (Å²) in [5, 5.41) is 15.4. The zero-order valence-corrected chi connectivity index (χ0v) is 38.1. The second-order valence-electron chi connectivity index (χ2n) is 17.8. The van der Waals surface area contributed by atoms with Crippen LogP contribution in [0.25, 0.3) is 21.7 Å². The largest absolute Gasteiger partial charge is 0.467 e. The number of benzene rings is 3. The molecule has 1 unspecified atom stereocenters. The Morgan fingerprint density at radius 3 is 2.52 bits per heavy atom. The number of methoxy groups -OCH3 is 1. The third-order valence-electron chi connectivity index (χ3n) is 12.0. The van der Waals surface area contributed by atoms with Gasteiger partial charge in [0.2, 0.25) is 0 Å². The van der Waals surface area contributed by atoms with Crippen molar-refractivity contribution in [2.24, 2.45) is 0 Å². The fraction of sp³-hybridized carbons (Fsp3) is 0.458. The summed E-state index contributed by atoms with van der Waals surface area (Å²) in [5.41, 5.74) is 17.5. The molecule has 4 N–H and O–H groups in total. The molecule has 5 aromatic rings. The van der Waals surface area contributed by atoms with E-state index in [1.807, 2.05) is 50.5 Å². The minimum atomic E-state index is -0.402. The number of nitrogens with one attached hydrogen (secondary N) is 2. The maximum atomic E-state index is 12.7. The third kappa shape index (κ3) is 11.3. The summed E-state index contributed by atoms with van der Waals surface area (Å²) in [5.74, 6) is 1.13. The van der Waals surface area contributed by atoms with E-state index in [1.165, 1.54) is 29.0 Å². The topological polar surface area (TPSA) is 146 Å². The summed E-state index contributed by atoms with van der Waals surface area (Å²) in [6, 6.07) is 26.0. The predicted octanol–water partition coefficient (Wildman–Crippen LogP) is 7.10. The molecule has 3 fully saturated rings. The van der Waals surface area contributed by atoms with Crippen LogP contribution in [0.1, 0.15) is 62.0 Å². The highest BCUT2D eigenvalue weighted by Gasteiger charge is 2.32. The first kappa shape index (κ1) is 44.3. The van der Waals surface area contributed by atoms with Gasteiger partial charge in [-0.1, -0.05) is 36.4 Å². The molecule has 3 aromatic carbocycles. The smallest absolute Gasteiger partial charge is 0.407 e. The van der Waals surface area contributed by atoms with Crippen molar-refractivity contribution >= 4 is 34.6 Å². The van der Waals surface area contributed by atoms with Crippen molar-refractivity contribution < 1.29 is 19.0 Å². The molecule has 0 spiro atoms. The highest BCUT2D eigenvalue weighted by molar-refractivity contribution is 7.13. The molecule has 334 valence electrons. The Hall–Kier alpha value is -5.32. The van der Waals surface area contributed by atoms with Crippen LogP contribution >= 0.6 is 11.3 Å². The molecule has 1 aliphatic carbocycles. The number of piperazine rings is 2. The Labute approximate surface area is 375 Å². The van der Waals surface area contributed by atoms with Gasteiger partial charge < -0.3 is 40.4 Å². The number of ether oxygens (including phenoxy) is 3. The number of thiazole rings is 1. The molecule has 2 saturated heterocycles. The number of anilines is 3. The lowest BCUT2D eigenvalue weighted by molar-refractivity contribution is 0.0515. The number of nitrogens with two attached hydrogens (primary N) is 1. The van der Waals surface area contributed by atoms with Gasteiger partial charge in [0.1, 0.15) is 12.4 Å². The van der Waals surface area contributed by atoms with Gasteiger partial charge in [-0.15, -0.1) is 21.5 Å². The van der Waals surface area contributed by atoms with Crippen molar-refractivity contribution in [1.29, 1.82) is 0 Å². The molecule has 2 aliphatic heterocycles. The van der Waals surface area contributed by atoms with Gasteiger partial charge in [0, 0.05) is 112 Å². The van der Waals surface area contributed by atoms with E-state index in [-0.39, 0.29) is 25.0 Å². The van der Waals surface area contributed by atoms with Gasteiger partial charge in [-0.3, -0.25) is 9.80 Å². The van der Waals surface area contributed by atoms with Crippen molar-refractivity contribution in [3.8, 4) is 27.4 Å². The number of para-hydroxylation sites is 1. The zero-order valence-electron chi connectivity index (χ0n) is 37.3. The molecule has 2 aromatic heterocycles. The predicted molar refractivity (Wildman–Crippen MR) is 251 cm³/mol. The number of nitrogens with zero attached hydrogens (tertiary/aromatic N) is 7. The first-order chi connectivity index (χ1) is 30.5. The van der Waals surface area contributed by atoms with Crippen LogP contribution in [0.2, 0.25) is 0 Å². The number of rotatable bonds is 16. The molecular weight excluding hydrogens is 813 g/mol. The van der Waals surface area contributed by atoms with Gasteiger partial charge in [0.05, 0.1) is 27.8 Å². The van der Waals surface area contributed by atoms with Crippen molar-refractivity contribution in [2.45, 2.75) is 71.3 Å². The first-order valence-electron chi connectivity index (χ1n) is 22.1. The Morgan fingerprint density at radius 2 is 1.79 bits per heavy atom. The minimum absolute atomic E-state index is 0.0370. The Balaban J connectivity index is 0.887. The van der Waals surface area contributed by atoms with Gasteiger partial charge in [-0.2, -0.15) is 0 Å². The summed E-state index contributed by atoms with van der Waals surface area (Å²) in [4.78, 5) is 28.5. The van der Waals surface area contributed by atoms with Crippen LogP contribution < -0.4 is 30.9 Å². The van der Waals surface area contributed by atoms with E-state index < -0.39 is 6.09 Å². The van der Waals surface area contributed by atoms with Crippen LogP contribution in [-0.4, -0.2) is 115 Å². The fourth-order valence-corrected chi connectivity index (χ4v) is 9.36. The maximum absolute atomic E-state index is 12.7. The highest BCUT2D eigenvalue weighted by Crippen LogP contribution is 2.38. The lowest BCUT2D eigenvalue weighted by atomic mass is 10.0. The van der Waals surface area contributed by atoms with E-state index in [4.69, 9.17) is 19.9 Å². The van der Waals surface area contributed by atoms with E-state index in [0.29, 0.717) is 23.3 Å². The van der Waals surface area contributed by atoms with Crippen molar-refractivity contribution in [3.63, 3.8) is 0 Å². The van der Waals surface area contributed by atoms with Gasteiger partial charge in [0.15, 0.2) is 12.6 Å². The number of aryl methyl sites for hydroxylation is 1. The molecule has 63 heavy (non-hydrogen) atoms. The quantitative estimate of drug-likeness (QED) is 0.0868. The van der Waals surface area contributed by atoms with Crippen LogP contribution in [0.4, 0.5) is 22.0 Å². The third-order valence-corrected chi connectivity index (χ3v) is 13.0. The second-order valence-corrected chi connectivity index (χ2v) is 18.6. The number of nitrogen functional groups attached to an aromatic ring is 1. The van der Waals surface area contributed by atoms with Crippen LogP contribution in [0.15, 0.2) is 78.3 Å². The van der Waals surface area contributed by atoms with Crippen molar-refractivity contribution in [2.75, 3.05) is 88.3 Å². The second kappa shape index (κ2) is 20.0. The first-order valence-corrected chi connectivity index (χ1v) is 23.0. The SMILES string of the molecule is COCOc1ccccc1-c1cc(C2CNCCN2Cc2ccc(N3CCN(CCN(c4cc(-c5scnc5C)ccc4COC(=O)NC(C)(C)C)C4CC4)CC3)cc2)c(N)nn1. The average Bonchev–Trinajstić information content (AvgIpc) is 4.04. The molecular formula is C48H62N10O4S. The molecule has 8 rings (SSSR count).